The van der Waals surface area contributed by atoms with Crippen LogP contribution in [0.3, 0.4) is 0 Å². The van der Waals surface area contributed by atoms with Crippen molar-refractivity contribution >= 4 is 40.0 Å². The number of ether oxygens (including phenoxy) is 1. The van der Waals surface area contributed by atoms with E-state index >= 15 is 0 Å². The van der Waals surface area contributed by atoms with Crippen molar-refractivity contribution in [1.82, 2.24) is 14.5 Å². The highest BCUT2D eigenvalue weighted by Crippen LogP contribution is 2.43. The van der Waals surface area contributed by atoms with Crippen molar-refractivity contribution in [3.8, 4) is 5.75 Å². The predicted molar refractivity (Wildman–Crippen MR) is 208 cm³/mol. The molecule has 0 amide bonds. The van der Waals surface area contributed by atoms with Crippen molar-refractivity contribution in [2.75, 3.05) is 24.6 Å². The van der Waals surface area contributed by atoms with E-state index < -0.39 is 21.3 Å². The van der Waals surface area contributed by atoms with Gasteiger partial charge in [-0.05, 0) is 62.3 Å². The lowest BCUT2D eigenvalue weighted by Gasteiger charge is -2.38. The van der Waals surface area contributed by atoms with Gasteiger partial charge in [-0.2, -0.15) is 5.10 Å². The Kier molecular flexibility index (Phi) is 11.2. The second-order valence-electron chi connectivity index (χ2n) is 13.6. The van der Waals surface area contributed by atoms with Gasteiger partial charge in [-0.1, -0.05) is 127 Å². The molecule has 1 fully saturated rings. The van der Waals surface area contributed by atoms with Crippen molar-refractivity contribution in [2.45, 2.75) is 49.9 Å². The number of nitrogens with one attached hydrogen (secondary N) is 1. The third-order valence-electron chi connectivity index (χ3n) is 9.36. The molecular weight excluding hydrogens is 683 g/mol. The molecule has 1 aromatic heterocycles. The quantitative estimate of drug-likeness (QED) is 0.103. The van der Waals surface area contributed by atoms with Crippen LogP contribution in [0.5, 0.6) is 5.75 Å². The minimum Gasteiger partial charge on any atom is -0.489 e. The smallest absolute Gasteiger partial charge is 0.150 e. The molecule has 4 aromatic carbocycles. The zero-order chi connectivity index (χ0) is 35.3. The molecule has 5 aromatic rings. The van der Waals surface area contributed by atoms with Crippen LogP contribution >= 0.6 is 23.2 Å². The topological polar surface area (TPSA) is 59.4 Å². The summed E-state index contributed by atoms with van der Waals surface area (Å²) in [4.78, 5) is 2.35. The highest BCUT2D eigenvalue weighted by Gasteiger charge is 2.40. The summed E-state index contributed by atoms with van der Waals surface area (Å²) in [5, 5.41) is 6.17. The minimum atomic E-state index is -1.33. The number of rotatable bonds is 12. The first-order valence-corrected chi connectivity index (χ1v) is 18.9. The number of nitrogens with zero attached hydrogens (tertiary/aromatic N) is 3. The SMILES string of the molecule is C=CCOc1cc(Cl)c(Cl)cc1[C@H](N[S@@](=O)C(C)(C)C)C1CCN(c2ccn(C(c3ccccc3)(c3ccccc3)c3ccccc3)n2)CC1. The molecule has 1 aliphatic heterocycles. The molecule has 0 aliphatic carbocycles. The maximum atomic E-state index is 13.6. The van der Waals surface area contributed by atoms with Gasteiger partial charge in [0.15, 0.2) is 5.82 Å². The number of aromatic nitrogens is 2. The third-order valence-corrected chi connectivity index (χ3v) is 11.7. The Bertz CT molecular complexity index is 1810. The first-order valence-electron chi connectivity index (χ1n) is 17.0. The Hall–Kier alpha value is -3.88. The molecule has 0 radical (unpaired) electrons. The molecule has 1 N–H and O–H groups in total. The van der Waals surface area contributed by atoms with Gasteiger partial charge < -0.3 is 9.64 Å². The molecule has 2 atom stereocenters. The van der Waals surface area contributed by atoms with Gasteiger partial charge in [-0.3, -0.25) is 4.68 Å². The van der Waals surface area contributed by atoms with Crippen LogP contribution in [-0.2, 0) is 16.5 Å². The summed E-state index contributed by atoms with van der Waals surface area (Å²) in [6, 6.07) is 37.2. The summed E-state index contributed by atoms with van der Waals surface area (Å²) in [6.45, 7) is 11.6. The van der Waals surface area contributed by atoms with Crippen LogP contribution in [0.25, 0.3) is 0 Å². The molecular formula is C41H44Cl2N4O2S. The molecule has 0 spiro atoms. The number of hydrogen-bond donors (Lipinski definition) is 1. The van der Waals surface area contributed by atoms with Crippen LogP contribution in [0.1, 0.15) is 61.9 Å². The lowest BCUT2D eigenvalue weighted by atomic mass is 9.77. The normalized spacial score (nSPS) is 15.4. The fourth-order valence-electron chi connectivity index (χ4n) is 6.83. The van der Waals surface area contributed by atoms with Crippen LogP contribution in [0.2, 0.25) is 10.0 Å². The Labute approximate surface area is 308 Å². The molecule has 1 aliphatic rings. The van der Waals surface area contributed by atoms with E-state index in [-0.39, 0.29) is 12.0 Å². The van der Waals surface area contributed by atoms with E-state index in [0.717, 1.165) is 54.0 Å². The van der Waals surface area contributed by atoms with E-state index in [9.17, 15) is 4.21 Å². The van der Waals surface area contributed by atoms with E-state index in [1.165, 1.54) is 0 Å². The molecule has 9 heteroatoms. The van der Waals surface area contributed by atoms with Crippen molar-refractivity contribution in [2.24, 2.45) is 5.92 Å². The maximum absolute atomic E-state index is 13.6. The average molecular weight is 728 g/mol. The molecule has 0 saturated carbocycles. The van der Waals surface area contributed by atoms with Crippen LogP contribution in [0.15, 0.2) is 128 Å². The fraction of sp³-hybridized carbons (Fsp3) is 0.293. The number of hydrogen-bond acceptors (Lipinski definition) is 4. The molecule has 1 saturated heterocycles. The van der Waals surface area contributed by atoms with Gasteiger partial charge in [0.1, 0.15) is 17.9 Å². The molecule has 50 heavy (non-hydrogen) atoms. The summed E-state index contributed by atoms with van der Waals surface area (Å²) in [6.07, 6.45) is 5.48. The van der Waals surface area contributed by atoms with Gasteiger partial charge in [0.05, 0.1) is 31.8 Å². The van der Waals surface area contributed by atoms with Crippen LogP contribution in [-0.4, -0.2) is 38.4 Å². The van der Waals surface area contributed by atoms with Gasteiger partial charge in [-0.15, -0.1) is 0 Å². The Morgan fingerprint density at radius 1 is 0.880 bits per heavy atom. The van der Waals surface area contributed by atoms with Crippen LogP contribution < -0.4 is 14.4 Å². The zero-order valence-electron chi connectivity index (χ0n) is 28.8. The van der Waals surface area contributed by atoms with E-state index in [1.807, 2.05) is 26.8 Å². The lowest BCUT2D eigenvalue weighted by molar-refractivity contribution is 0.309. The predicted octanol–water partition coefficient (Wildman–Crippen LogP) is 9.60. The standard InChI is InChI=1S/C41H44Cl2N4O2S/c1-5-27-49-37-29-36(43)35(42)28-34(37)39(45-50(48)40(2,3)4)30-21-24-46(25-22-30)38-23-26-47(44-38)41(31-15-9-6-10-16-31,32-17-11-7-12-18-32)33-19-13-8-14-20-33/h5-20,23,26,28-30,39,45H,1,21-22,24-25,27H2,2-4H3/t39-,50+/m1/s1. The van der Waals surface area contributed by atoms with Gasteiger partial charge in [0.2, 0.25) is 0 Å². The largest absolute Gasteiger partial charge is 0.489 e. The highest BCUT2D eigenvalue weighted by atomic mass is 35.5. The Morgan fingerprint density at radius 2 is 1.40 bits per heavy atom. The van der Waals surface area contributed by atoms with Crippen molar-refractivity contribution in [3.63, 3.8) is 0 Å². The lowest BCUT2D eigenvalue weighted by Crippen LogP contribution is -2.43. The number of anilines is 1. The first kappa shape index (κ1) is 35.9. The van der Waals surface area contributed by atoms with Gasteiger partial charge >= 0.3 is 0 Å². The van der Waals surface area contributed by atoms with Crippen molar-refractivity contribution in [1.29, 1.82) is 0 Å². The highest BCUT2D eigenvalue weighted by molar-refractivity contribution is 7.84. The summed E-state index contributed by atoms with van der Waals surface area (Å²) < 4.78 is 24.8. The van der Waals surface area contributed by atoms with Crippen molar-refractivity contribution in [3.05, 3.63) is 160 Å². The summed E-state index contributed by atoms with van der Waals surface area (Å²) in [7, 11) is -1.33. The van der Waals surface area contributed by atoms with Gasteiger partial charge in [-0.25, -0.2) is 8.93 Å². The zero-order valence-corrected chi connectivity index (χ0v) is 31.1. The van der Waals surface area contributed by atoms with Gasteiger partial charge in [0.25, 0.3) is 0 Å². The second-order valence-corrected chi connectivity index (χ2v) is 16.4. The summed E-state index contributed by atoms with van der Waals surface area (Å²) in [5.74, 6) is 1.69. The molecule has 0 unspecified atom stereocenters. The second kappa shape index (κ2) is 15.6. The molecule has 0 bridgehead atoms. The van der Waals surface area contributed by atoms with Crippen LogP contribution in [0.4, 0.5) is 5.82 Å². The number of benzene rings is 4. The van der Waals surface area contributed by atoms with E-state index in [1.54, 1.807) is 12.1 Å². The molecule has 6 rings (SSSR count). The first-order chi connectivity index (χ1) is 24.1. The molecule has 260 valence electrons. The van der Waals surface area contributed by atoms with E-state index in [4.69, 9.17) is 33.0 Å². The minimum absolute atomic E-state index is 0.153. The third kappa shape index (κ3) is 7.42. The number of piperidine rings is 1. The Balaban J connectivity index is 1.33. The van der Waals surface area contributed by atoms with E-state index in [0.29, 0.717) is 22.4 Å². The monoisotopic (exact) mass is 726 g/mol. The average Bonchev–Trinajstić information content (AvgIpc) is 3.63. The molecule has 2 heterocycles. The van der Waals surface area contributed by atoms with Gasteiger partial charge in [0, 0.05) is 37.0 Å². The Morgan fingerprint density at radius 3 is 1.90 bits per heavy atom. The number of halogens is 2. The van der Waals surface area contributed by atoms with Crippen LogP contribution in [0, 0.1) is 5.92 Å². The van der Waals surface area contributed by atoms with E-state index in [2.05, 4.69) is 124 Å². The maximum Gasteiger partial charge on any atom is 0.150 e. The van der Waals surface area contributed by atoms with Crippen molar-refractivity contribution < 1.29 is 8.95 Å². The fourth-order valence-corrected chi connectivity index (χ4v) is 8.06. The summed E-state index contributed by atoms with van der Waals surface area (Å²) in [5.41, 5.74) is 3.55. The summed E-state index contributed by atoms with van der Waals surface area (Å²) >= 11 is 13.0. The molecule has 6 nitrogen and oxygen atoms in total.